The van der Waals surface area contributed by atoms with Crippen molar-refractivity contribution < 1.29 is 13.5 Å². The van der Waals surface area contributed by atoms with Gasteiger partial charge in [-0.05, 0) is 41.0 Å². The van der Waals surface area contributed by atoms with Crippen LogP contribution in [0.15, 0.2) is 15.9 Å². The van der Waals surface area contributed by atoms with E-state index in [0.29, 0.717) is 13.0 Å². The Morgan fingerprint density at radius 3 is 2.76 bits per heavy atom. The first-order valence-corrected chi connectivity index (χ1v) is 7.09. The third-order valence-corrected chi connectivity index (χ3v) is 3.92. The van der Waals surface area contributed by atoms with Crippen molar-refractivity contribution in [2.24, 2.45) is 0 Å². The number of hydrogen-bond acceptors (Lipinski definition) is 3. The van der Waals surface area contributed by atoms with E-state index < -0.39 is 13.0 Å². The van der Waals surface area contributed by atoms with Crippen LogP contribution in [0.5, 0.6) is 0 Å². The Bertz CT molecular complexity index is 322. The summed E-state index contributed by atoms with van der Waals surface area (Å²) < 4.78 is 29.8. The average molecular weight is 328 g/mol. The molecule has 17 heavy (non-hydrogen) atoms. The zero-order valence-electron chi connectivity index (χ0n) is 9.59. The number of hydrogen-bond donors (Lipinski definition) is 1. The SMILES string of the molecule is CCNC(CCOCC(F)F)c1ccc(Br)s1. The van der Waals surface area contributed by atoms with E-state index in [4.69, 9.17) is 4.74 Å². The molecular formula is C11H16BrF2NOS. The predicted molar refractivity (Wildman–Crippen MR) is 69.9 cm³/mol. The van der Waals surface area contributed by atoms with E-state index >= 15 is 0 Å². The molecule has 2 nitrogen and oxygen atoms in total. The van der Waals surface area contributed by atoms with Crippen molar-refractivity contribution >= 4 is 27.3 Å². The summed E-state index contributed by atoms with van der Waals surface area (Å²) in [4.78, 5) is 1.19. The molecule has 0 saturated heterocycles. The second-order valence-corrected chi connectivity index (χ2v) is 6.00. The lowest BCUT2D eigenvalue weighted by Gasteiger charge is -2.16. The zero-order valence-corrected chi connectivity index (χ0v) is 12.0. The van der Waals surface area contributed by atoms with Gasteiger partial charge in [0.2, 0.25) is 0 Å². The molecule has 1 atom stereocenters. The van der Waals surface area contributed by atoms with Gasteiger partial charge in [-0.1, -0.05) is 6.92 Å². The minimum absolute atomic E-state index is 0.175. The van der Waals surface area contributed by atoms with Crippen molar-refractivity contribution in [3.8, 4) is 0 Å². The monoisotopic (exact) mass is 327 g/mol. The van der Waals surface area contributed by atoms with Gasteiger partial charge in [0.1, 0.15) is 6.61 Å². The van der Waals surface area contributed by atoms with Gasteiger partial charge in [-0.2, -0.15) is 0 Å². The molecule has 1 heterocycles. The third kappa shape index (κ3) is 5.90. The lowest BCUT2D eigenvalue weighted by Crippen LogP contribution is -2.22. The maximum atomic E-state index is 11.9. The Balaban J connectivity index is 2.38. The first-order chi connectivity index (χ1) is 8.13. The summed E-state index contributed by atoms with van der Waals surface area (Å²) in [6.07, 6.45) is -1.68. The maximum Gasteiger partial charge on any atom is 0.261 e. The molecule has 0 saturated carbocycles. The van der Waals surface area contributed by atoms with Crippen LogP contribution in [0.2, 0.25) is 0 Å². The molecular weight excluding hydrogens is 312 g/mol. The Kier molecular flexibility index (Phi) is 7.18. The molecule has 0 aliphatic carbocycles. The van der Waals surface area contributed by atoms with E-state index in [1.807, 2.05) is 19.1 Å². The van der Waals surface area contributed by atoms with E-state index in [1.165, 1.54) is 4.88 Å². The van der Waals surface area contributed by atoms with Crippen molar-refractivity contribution in [2.45, 2.75) is 25.8 Å². The molecule has 0 aromatic carbocycles. The average Bonchev–Trinajstić information content (AvgIpc) is 2.69. The first kappa shape index (κ1) is 15.0. The van der Waals surface area contributed by atoms with Crippen LogP contribution in [0.1, 0.15) is 24.3 Å². The van der Waals surface area contributed by atoms with Gasteiger partial charge in [0.15, 0.2) is 0 Å². The molecule has 1 rings (SSSR count). The Labute approximate surface area is 112 Å². The molecule has 1 N–H and O–H groups in total. The van der Waals surface area contributed by atoms with E-state index in [9.17, 15) is 8.78 Å². The van der Waals surface area contributed by atoms with E-state index in [-0.39, 0.29) is 6.04 Å². The largest absolute Gasteiger partial charge is 0.375 e. The number of ether oxygens (including phenoxy) is 1. The molecule has 0 spiro atoms. The second-order valence-electron chi connectivity index (χ2n) is 3.51. The fourth-order valence-electron chi connectivity index (χ4n) is 1.48. The summed E-state index contributed by atoms with van der Waals surface area (Å²) >= 11 is 5.06. The Hall–Kier alpha value is -0.0400. The summed E-state index contributed by atoms with van der Waals surface area (Å²) in [5, 5.41) is 3.32. The molecule has 0 fully saturated rings. The summed E-state index contributed by atoms with van der Waals surface area (Å²) in [5.74, 6) is 0. The number of nitrogens with one attached hydrogen (secondary N) is 1. The highest BCUT2D eigenvalue weighted by molar-refractivity contribution is 9.11. The normalized spacial score (nSPS) is 13.2. The van der Waals surface area contributed by atoms with Crippen molar-refractivity contribution in [2.75, 3.05) is 19.8 Å². The van der Waals surface area contributed by atoms with E-state index in [1.54, 1.807) is 11.3 Å². The summed E-state index contributed by atoms with van der Waals surface area (Å²) in [6.45, 7) is 2.73. The summed E-state index contributed by atoms with van der Waals surface area (Å²) in [5.41, 5.74) is 0. The minimum atomic E-state index is -2.39. The van der Waals surface area contributed by atoms with Crippen LogP contribution >= 0.6 is 27.3 Å². The summed E-state index contributed by atoms with van der Waals surface area (Å²) in [6, 6.07) is 4.20. The summed E-state index contributed by atoms with van der Waals surface area (Å²) in [7, 11) is 0. The Morgan fingerprint density at radius 1 is 1.47 bits per heavy atom. The number of thiophene rings is 1. The topological polar surface area (TPSA) is 21.3 Å². The van der Waals surface area contributed by atoms with Gasteiger partial charge in [0, 0.05) is 17.5 Å². The number of rotatable bonds is 8. The molecule has 1 aromatic heterocycles. The van der Waals surface area contributed by atoms with Gasteiger partial charge in [-0.15, -0.1) is 11.3 Å². The second kappa shape index (κ2) is 8.13. The molecule has 0 bridgehead atoms. The van der Waals surface area contributed by atoms with Gasteiger partial charge in [-0.25, -0.2) is 8.78 Å². The highest BCUT2D eigenvalue weighted by atomic mass is 79.9. The number of alkyl halides is 2. The zero-order chi connectivity index (χ0) is 12.7. The third-order valence-electron chi connectivity index (χ3n) is 2.18. The minimum Gasteiger partial charge on any atom is -0.375 e. The van der Waals surface area contributed by atoms with Gasteiger partial charge in [0.25, 0.3) is 6.43 Å². The molecule has 0 aliphatic heterocycles. The van der Waals surface area contributed by atoms with Crippen LogP contribution in [-0.4, -0.2) is 26.2 Å². The van der Waals surface area contributed by atoms with Crippen LogP contribution in [0, 0.1) is 0 Å². The first-order valence-electron chi connectivity index (χ1n) is 5.48. The van der Waals surface area contributed by atoms with Crippen LogP contribution in [0.25, 0.3) is 0 Å². The highest BCUT2D eigenvalue weighted by Gasteiger charge is 2.12. The molecule has 0 amide bonds. The fraction of sp³-hybridized carbons (Fsp3) is 0.636. The van der Waals surface area contributed by atoms with Gasteiger partial charge in [-0.3, -0.25) is 0 Å². The molecule has 1 unspecified atom stereocenters. The van der Waals surface area contributed by atoms with E-state index in [2.05, 4.69) is 21.2 Å². The fourth-order valence-corrected chi connectivity index (χ4v) is 3.01. The maximum absolute atomic E-state index is 11.9. The van der Waals surface area contributed by atoms with Crippen molar-refractivity contribution in [3.05, 3.63) is 20.8 Å². The van der Waals surface area contributed by atoms with Crippen LogP contribution < -0.4 is 5.32 Å². The van der Waals surface area contributed by atoms with Gasteiger partial charge < -0.3 is 10.1 Å². The van der Waals surface area contributed by atoms with Crippen LogP contribution in [0.4, 0.5) is 8.78 Å². The van der Waals surface area contributed by atoms with E-state index in [0.717, 1.165) is 10.3 Å². The van der Waals surface area contributed by atoms with Crippen LogP contribution in [-0.2, 0) is 4.74 Å². The van der Waals surface area contributed by atoms with Crippen molar-refractivity contribution in [1.82, 2.24) is 5.32 Å². The number of halogens is 3. The molecule has 98 valence electrons. The van der Waals surface area contributed by atoms with Crippen molar-refractivity contribution in [3.63, 3.8) is 0 Å². The molecule has 6 heteroatoms. The van der Waals surface area contributed by atoms with Gasteiger partial charge in [0.05, 0.1) is 3.79 Å². The predicted octanol–water partition coefficient (Wildman–Crippen LogP) is 3.83. The lowest BCUT2D eigenvalue weighted by atomic mass is 10.2. The van der Waals surface area contributed by atoms with Gasteiger partial charge >= 0.3 is 0 Å². The Morgan fingerprint density at radius 2 is 2.24 bits per heavy atom. The lowest BCUT2D eigenvalue weighted by molar-refractivity contribution is 0.0145. The molecule has 0 radical (unpaired) electrons. The van der Waals surface area contributed by atoms with Crippen LogP contribution in [0.3, 0.4) is 0 Å². The van der Waals surface area contributed by atoms with Crippen molar-refractivity contribution in [1.29, 1.82) is 0 Å². The molecule has 0 aliphatic rings. The smallest absolute Gasteiger partial charge is 0.261 e. The quantitative estimate of drug-likeness (QED) is 0.732. The molecule has 1 aromatic rings. The standard InChI is InChI=1S/C11H16BrF2NOS/c1-2-15-8(5-6-16-7-11(13)14)9-3-4-10(12)17-9/h3-4,8,11,15H,2,5-7H2,1H3. The highest BCUT2D eigenvalue weighted by Crippen LogP contribution is 2.28.